The summed E-state index contributed by atoms with van der Waals surface area (Å²) in [5, 5.41) is 15.3. The molecule has 0 amide bonds. The molecule has 20 heavy (non-hydrogen) atoms. The number of aliphatic hydroxyl groups excluding tert-OH is 1. The highest BCUT2D eigenvalue weighted by atomic mass is 32.1. The highest BCUT2D eigenvalue weighted by Gasteiger charge is 2.18. The van der Waals surface area contributed by atoms with Gasteiger partial charge in [-0.25, -0.2) is 4.98 Å². The van der Waals surface area contributed by atoms with Gasteiger partial charge in [0.2, 0.25) is 11.7 Å². The van der Waals surface area contributed by atoms with Crippen molar-refractivity contribution in [2.45, 2.75) is 33.8 Å². The zero-order valence-electron chi connectivity index (χ0n) is 11.4. The van der Waals surface area contributed by atoms with E-state index in [1.165, 1.54) is 11.3 Å². The van der Waals surface area contributed by atoms with Gasteiger partial charge in [-0.2, -0.15) is 14.6 Å². The van der Waals surface area contributed by atoms with Gasteiger partial charge in [-0.1, -0.05) is 25.9 Å². The van der Waals surface area contributed by atoms with Gasteiger partial charge in [0.1, 0.15) is 0 Å². The Bertz CT molecular complexity index is 580. The number of rotatable bonds is 3. The second kappa shape index (κ2) is 7.04. The monoisotopic (exact) mass is 297 g/mol. The fraction of sp³-hybridized carbons (Fsp3) is 0.500. The van der Waals surface area contributed by atoms with E-state index < -0.39 is 0 Å². The molecular weight excluding hydrogens is 282 g/mol. The lowest BCUT2D eigenvalue weighted by atomic mass is 9.92. The first-order valence-electron chi connectivity index (χ1n) is 5.77. The highest BCUT2D eigenvalue weighted by molar-refractivity contribution is 7.13. The van der Waals surface area contributed by atoms with Crippen LogP contribution in [0.1, 0.15) is 32.4 Å². The minimum Gasteiger partial charge on any atom is -0.390 e. The van der Waals surface area contributed by atoms with Crippen molar-refractivity contribution in [3.8, 4) is 10.8 Å². The van der Waals surface area contributed by atoms with E-state index in [2.05, 4.69) is 35.9 Å². The van der Waals surface area contributed by atoms with Crippen LogP contribution in [0.15, 0.2) is 9.90 Å². The molecule has 0 saturated heterocycles. The van der Waals surface area contributed by atoms with E-state index in [9.17, 15) is 0 Å². The Kier molecular flexibility index (Phi) is 5.69. The molecule has 2 heterocycles. The number of carbonyl (C=O) groups excluding carboxylic acids is 2. The summed E-state index contributed by atoms with van der Waals surface area (Å²) in [6, 6.07) is 0. The van der Waals surface area contributed by atoms with E-state index in [-0.39, 0.29) is 18.2 Å². The molecule has 108 valence electrons. The maximum absolute atomic E-state index is 8.94. The van der Waals surface area contributed by atoms with Crippen molar-refractivity contribution in [1.29, 1.82) is 0 Å². The summed E-state index contributed by atoms with van der Waals surface area (Å²) >= 11 is 1.40. The lowest BCUT2D eigenvalue weighted by Gasteiger charge is -2.13. The van der Waals surface area contributed by atoms with Crippen LogP contribution in [0.3, 0.4) is 0 Å². The quantitative estimate of drug-likeness (QED) is 0.918. The molecule has 0 aliphatic heterocycles. The SMILES string of the molecule is CC(C)(C)Cc1nc(-c2nc(CO)cs2)no1.O=C=O. The largest absolute Gasteiger partial charge is 0.390 e. The van der Waals surface area contributed by atoms with Crippen molar-refractivity contribution >= 4 is 17.5 Å². The Morgan fingerprint density at radius 1 is 1.35 bits per heavy atom. The van der Waals surface area contributed by atoms with E-state index in [0.717, 1.165) is 6.42 Å². The Hall–Kier alpha value is -1.89. The van der Waals surface area contributed by atoms with Crippen molar-refractivity contribution in [3.63, 3.8) is 0 Å². The van der Waals surface area contributed by atoms with Crippen molar-refractivity contribution in [2.75, 3.05) is 0 Å². The summed E-state index contributed by atoms with van der Waals surface area (Å²) in [5.41, 5.74) is 0.746. The van der Waals surface area contributed by atoms with Crippen molar-refractivity contribution in [3.05, 3.63) is 17.0 Å². The summed E-state index contributed by atoms with van der Waals surface area (Å²) < 4.78 is 5.18. The lowest BCUT2D eigenvalue weighted by molar-refractivity contribution is -0.191. The molecule has 0 unspecified atom stereocenters. The van der Waals surface area contributed by atoms with Gasteiger partial charge in [0.05, 0.1) is 12.3 Å². The van der Waals surface area contributed by atoms with Crippen LogP contribution in [0.5, 0.6) is 0 Å². The van der Waals surface area contributed by atoms with Gasteiger partial charge in [0.15, 0.2) is 5.01 Å². The average Bonchev–Trinajstić information content (AvgIpc) is 2.95. The van der Waals surface area contributed by atoms with Crippen molar-refractivity contribution in [2.24, 2.45) is 5.41 Å². The van der Waals surface area contributed by atoms with Crippen LogP contribution in [0, 0.1) is 5.41 Å². The van der Waals surface area contributed by atoms with Crippen LogP contribution >= 0.6 is 11.3 Å². The Balaban J connectivity index is 0.000000612. The van der Waals surface area contributed by atoms with Crippen molar-refractivity contribution < 1.29 is 19.2 Å². The summed E-state index contributed by atoms with van der Waals surface area (Å²) in [4.78, 5) is 24.7. The van der Waals surface area contributed by atoms with E-state index in [0.29, 0.717) is 22.4 Å². The number of aromatic nitrogens is 3. The molecular formula is C12H15N3O4S. The first-order chi connectivity index (χ1) is 9.39. The van der Waals surface area contributed by atoms with Gasteiger partial charge in [0.25, 0.3) is 0 Å². The van der Waals surface area contributed by atoms with Crippen LogP contribution in [0.2, 0.25) is 0 Å². The molecule has 2 aromatic heterocycles. The summed E-state index contributed by atoms with van der Waals surface area (Å²) in [6.07, 6.45) is 0.984. The average molecular weight is 297 g/mol. The zero-order valence-corrected chi connectivity index (χ0v) is 12.2. The summed E-state index contributed by atoms with van der Waals surface area (Å²) in [7, 11) is 0. The van der Waals surface area contributed by atoms with Crippen molar-refractivity contribution in [1.82, 2.24) is 15.1 Å². The minimum absolute atomic E-state index is 0.0663. The molecule has 0 spiro atoms. The van der Waals surface area contributed by atoms with Gasteiger partial charge in [-0.15, -0.1) is 11.3 Å². The maximum Gasteiger partial charge on any atom is 0.373 e. The lowest BCUT2D eigenvalue weighted by Crippen LogP contribution is -2.09. The number of nitrogens with zero attached hydrogens (tertiary/aromatic N) is 3. The second-order valence-electron chi connectivity index (χ2n) is 5.13. The molecule has 0 aliphatic carbocycles. The van der Waals surface area contributed by atoms with Gasteiger partial charge in [0, 0.05) is 11.8 Å². The van der Waals surface area contributed by atoms with E-state index in [1.54, 1.807) is 5.38 Å². The van der Waals surface area contributed by atoms with Crippen LogP contribution in [0.4, 0.5) is 0 Å². The molecule has 0 saturated carbocycles. The topological polar surface area (TPSA) is 106 Å². The third-order valence-electron chi connectivity index (χ3n) is 2.05. The molecule has 8 heteroatoms. The summed E-state index contributed by atoms with van der Waals surface area (Å²) in [5.74, 6) is 1.11. The van der Waals surface area contributed by atoms with Gasteiger partial charge in [-0.3, -0.25) is 0 Å². The third kappa shape index (κ3) is 5.00. The zero-order chi connectivity index (χ0) is 15.2. The van der Waals surface area contributed by atoms with Crippen LogP contribution < -0.4 is 0 Å². The Labute approximate surface area is 119 Å². The van der Waals surface area contributed by atoms with Gasteiger partial charge < -0.3 is 9.63 Å². The number of aliphatic hydroxyl groups is 1. The number of hydrogen-bond donors (Lipinski definition) is 1. The molecule has 0 radical (unpaired) electrons. The van der Waals surface area contributed by atoms with E-state index >= 15 is 0 Å². The standard InChI is InChI=1S/C11H15N3O2S.CO2/c1-11(2,3)4-8-13-9(14-16-8)10-12-7(5-15)6-17-10;2-1-3/h6,15H,4-5H2,1-3H3;. The Morgan fingerprint density at radius 2 is 2.00 bits per heavy atom. The fourth-order valence-corrected chi connectivity index (χ4v) is 2.08. The van der Waals surface area contributed by atoms with Crippen LogP contribution in [-0.2, 0) is 22.6 Å². The number of hydrogen-bond acceptors (Lipinski definition) is 8. The summed E-state index contributed by atoms with van der Waals surface area (Å²) in [6.45, 7) is 6.28. The normalized spacial score (nSPS) is 10.6. The van der Waals surface area contributed by atoms with E-state index in [4.69, 9.17) is 19.2 Å². The van der Waals surface area contributed by atoms with Gasteiger partial charge >= 0.3 is 6.15 Å². The van der Waals surface area contributed by atoms with Crippen LogP contribution in [-0.4, -0.2) is 26.4 Å². The molecule has 0 aromatic carbocycles. The van der Waals surface area contributed by atoms with E-state index in [1.807, 2.05) is 0 Å². The fourth-order valence-electron chi connectivity index (χ4n) is 1.35. The van der Waals surface area contributed by atoms with Crippen LogP contribution in [0.25, 0.3) is 10.8 Å². The first kappa shape index (κ1) is 16.2. The molecule has 7 nitrogen and oxygen atoms in total. The highest BCUT2D eigenvalue weighted by Crippen LogP contribution is 2.24. The molecule has 0 aliphatic rings. The molecule has 1 N–H and O–H groups in total. The second-order valence-corrected chi connectivity index (χ2v) is 5.99. The first-order valence-corrected chi connectivity index (χ1v) is 6.65. The number of thiazole rings is 1. The molecule has 0 fully saturated rings. The maximum atomic E-state index is 8.94. The van der Waals surface area contributed by atoms with Gasteiger partial charge in [-0.05, 0) is 5.41 Å². The molecule has 2 rings (SSSR count). The molecule has 0 bridgehead atoms. The molecule has 0 atom stereocenters. The predicted octanol–water partition coefficient (Wildman–Crippen LogP) is 1.69. The Morgan fingerprint density at radius 3 is 2.50 bits per heavy atom. The molecule has 2 aromatic rings. The minimum atomic E-state index is -0.0663. The predicted molar refractivity (Wildman–Crippen MR) is 69.5 cm³/mol. The third-order valence-corrected chi connectivity index (χ3v) is 2.94. The smallest absolute Gasteiger partial charge is 0.373 e.